The lowest BCUT2D eigenvalue weighted by atomic mass is 9.80. The molecule has 0 radical (unpaired) electrons. The van der Waals surface area contributed by atoms with Crippen LogP contribution in [0.2, 0.25) is 0 Å². The minimum atomic E-state index is -1.16. The molecule has 0 unspecified atom stereocenters. The Hall–Kier alpha value is -4.17. The summed E-state index contributed by atoms with van der Waals surface area (Å²) in [5.41, 5.74) is 3.56. The highest BCUT2D eigenvalue weighted by Crippen LogP contribution is 2.53. The second-order valence-corrected chi connectivity index (χ2v) is 9.69. The van der Waals surface area contributed by atoms with Crippen LogP contribution in [-0.2, 0) is 11.3 Å². The van der Waals surface area contributed by atoms with Gasteiger partial charge in [0.25, 0.3) is 5.56 Å². The molecule has 2 atom stereocenters. The van der Waals surface area contributed by atoms with Crippen molar-refractivity contribution < 1.29 is 4.79 Å². The molecular weight excluding hydrogens is 458 g/mol. The molecule has 3 heterocycles. The molecule has 0 saturated carbocycles. The zero-order chi connectivity index (χ0) is 24.2. The van der Waals surface area contributed by atoms with E-state index < -0.39 is 11.3 Å². The first-order valence-electron chi connectivity index (χ1n) is 11.3. The number of carbonyl (C=O) groups excluding carboxylic acids is 1. The van der Waals surface area contributed by atoms with Crippen molar-refractivity contribution in [1.82, 2.24) is 14.5 Å². The third-order valence-corrected chi connectivity index (χ3v) is 7.84. The lowest BCUT2D eigenvalue weighted by molar-refractivity contribution is 0.0648. The maximum absolute atomic E-state index is 13.6. The Morgan fingerprint density at radius 1 is 0.800 bits per heavy atom. The number of benzene rings is 3. The summed E-state index contributed by atoms with van der Waals surface area (Å²) >= 11 is 1.31. The van der Waals surface area contributed by atoms with Crippen molar-refractivity contribution in [2.45, 2.75) is 11.3 Å². The van der Waals surface area contributed by atoms with E-state index in [1.807, 2.05) is 97.1 Å². The molecule has 1 aromatic heterocycles. The van der Waals surface area contributed by atoms with Crippen LogP contribution in [0.4, 0.5) is 4.79 Å². The highest BCUT2D eigenvalue weighted by molar-refractivity contribution is 7.07. The highest BCUT2D eigenvalue weighted by Gasteiger charge is 2.69. The number of carbonyl (C=O) groups is 1. The first-order valence-corrected chi connectivity index (χ1v) is 12.1. The highest BCUT2D eigenvalue weighted by atomic mass is 32.1. The van der Waals surface area contributed by atoms with Gasteiger partial charge in [-0.15, -0.1) is 0 Å². The monoisotopic (exact) mass is 481 g/mol. The Morgan fingerprint density at radius 3 is 2.00 bits per heavy atom. The Morgan fingerprint density at radius 2 is 1.37 bits per heavy atom. The van der Waals surface area contributed by atoms with Crippen molar-refractivity contribution >= 4 is 23.4 Å². The van der Waals surface area contributed by atoms with Crippen LogP contribution < -0.4 is 20.3 Å². The molecule has 7 nitrogen and oxygen atoms in total. The third kappa shape index (κ3) is 2.80. The van der Waals surface area contributed by atoms with E-state index in [1.54, 1.807) is 23.9 Å². The molecule has 6 rings (SSSR count). The summed E-state index contributed by atoms with van der Waals surface area (Å²) in [4.78, 5) is 36.2. The molecule has 2 aliphatic rings. The number of hydrogen-bond donors (Lipinski definition) is 1. The summed E-state index contributed by atoms with van der Waals surface area (Å²) in [5, 5.41) is 0. The summed E-state index contributed by atoms with van der Waals surface area (Å²) in [6.07, 6.45) is 1.87. The van der Waals surface area contributed by atoms with Gasteiger partial charge in [0.2, 0.25) is 16.1 Å². The predicted molar refractivity (Wildman–Crippen MR) is 136 cm³/mol. The lowest BCUT2D eigenvalue weighted by Gasteiger charge is -2.49. The minimum Gasteiger partial charge on any atom is -0.295 e. The molecule has 4 aromatic rings. The minimum absolute atomic E-state index is 0.201. The number of fused-ring (bicyclic) bond motifs is 2. The van der Waals surface area contributed by atoms with Crippen molar-refractivity contribution in [3.63, 3.8) is 0 Å². The SMILES string of the molecule is CN1C(=O)N(C)[C@]2(c3ccccc3)Nn3c(s/c(=C\c4ccccc4)c3=O)=N[C@@]12c1ccccc1. The molecule has 3 aromatic carbocycles. The Kier molecular flexibility index (Phi) is 4.69. The van der Waals surface area contributed by atoms with E-state index in [-0.39, 0.29) is 11.6 Å². The fraction of sp³-hybridized carbons (Fsp3) is 0.148. The van der Waals surface area contributed by atoms with Gasteiger partial charge >= 0.3 is 6.03 Å². The normalized spacial score (nSPS) is 23.5. The maximum Gasteiger partial charge on any atom is 0.324 e. The molecule has 35 heavy (non-hydrogen) atoms. The van der Waals surface area contributed by atoms with Crippen LogP contribution in [0.5, 0.6) is 0 Å². The first kappa shape index (κ1) is 21.4. The van der Waals surface area contributed by atoms with Gasteiger partial charge in [0, 0.05) is 25.2 Å². The molecule has 1 fully saturated rings. The number of thiazole rings is 1. The number of hydrogen-bond acceptors (Lipinski definition) is 5. The first-order chi connectivity index (χ1) is 17.0. The van der Waals surface area contributed by atoms with Gasteiger partial charge in [0.15, 0.2) is 0 Å². The number of rotatable bonds is 3. The second-order valence-electron chi connectivity index (χ2n) is 8.68. The number of likely N-dealkylation sites (N-methyl/N-ethyl adjacent to an activating group) is 2. The summed E-state index contributed by atoms with van der Waals surface area (Å²) < 4.78 is 2.04. The average Bonchev–Trinajstić information content (AvgIpc) is 3.29. The second kappa shape index (κ2) is 7.68. The largest absolute Gasteiger partial charge is 0.324 e. The van der Waals surface area contributed by atoms with Crippen LogP contribution in [0, 0.1) is 0 Å². The molecule has 1 saturated heterocycles. The van der Waals surface area contributed by atoms with Crippen molar-refractivity contribution in [2.75, 3.05) is 19.5 Å². The predicted octanol–water partition coefficient (Wildman–Crippen LogP) is 2.62. The molecule has 2 amide bonds. The Labute approximate surface area is 205 Å². The van der Waals surface area contributed by atoms with Crippen LogP contribution in [0.3, 0.4) is 0 Å². The molecular formula is C27H23N5O2S. The summed E-state index contributed by atoms with van der Waals surface area (Å²) in [7, 11) is 3.51. The van der Waals surface area contributed by atoms with Crippen LogP contribution in [0.1, 0.15) is 16.7 Å². The molecule has 8 heteroatoms. The molecule has 0 aliphatic carbocycles. The molecule has 174 valence electrons. The average molecular weight is 482 g/mol. The number of nitrogens with one attached hydrogen (secondary N) is 1. The zero-order valence-corrected chi connectivity index (χ0v) is 20.1. The molecule has 2 aliphatic heterocycles. The Bertz CT molecular complexity index is 1600. The van der Waals surface area contributed by atoms with Crippen molar-refractivity contribution in [1.29, 1.82) is 0 Å². The van der Waals surface area contributed by atoms with Crippen molar-refractivity contribution in [3.05, 3.63) is 127 Å². The van der Waals surface area contributed by atoms with Crippen LogP contribution >= 0.6 is 11.3 Å². The van der Waals surface area contributed by atoms with Crippen LogP contribution in [0.15, 0.2) is 101 Å². The van der Waals surface area contributed by atoms with Gasteiger partial charge in [-0.2, -0.15) is 4.68 Å². The van der Waals surface area contributed by atoms with Gasteiger partial charge in [-0.05, 0) is 11.6 Å². The zero-order valence-electron chi connectivity index (χ0n) is 19.3. The summed E-state index contributed by atoms with van der Waals surface area (Å²) in [6, 6.07) is 29.0. The van der Waals surface area contributed by atoms with Gasteiger partial charge < -0.3 is 0 Å². The lowest BCUT2D eigenvalue weighted by Crippen LogP contribution is -2.67. The molecule has 0 spiro atoms. The third-order valence-electron chi connectivity index (χ3n) is 6.87. The number of urea groups is 1. The summed E-state index contributed by atoms with van der Waals surface area (Å²) in [5.74, 6) is 0. The molecule has 1 N–H and O–H groups in total. The smallest absolute Gasteiger partial charge is 0.295 e. The van der Waals surface area contributed by atoms with Gasteiger partial charge in [-0.3, -0.25) is 20.0 Å². The fourth-order valence-corrected chi connectivity index (χ4v) is 6.18. The van der Waals surface area contributed by atoms with Gasteiger partial charge in [0.05, 0.1) is 4.53 Å². The van der Waals surface area contributed by atoms with Crippen LogP contribution in [-0.4, -0.2) is 34.6 Å². The topological polar surface area (TPSA) is 69.9 Å². The quantitative estimate of drug-likeness (QED) is 0.489. The standard InChI is InChI=1S/C27H23N5O2S/c1-30-25(34)31(2)27(21-16-10-5-11-17-21)26(30,20-14-8-4-9-15-20)28-24-32(29-27)23(33)22(35-24)18-19-12-6-3-7-13-19/h3-18,29H,1-2H3/b22-18-/t26-,27-/m0/s1. The van der Waals surface area contributed by atoms with E-state index in [4.69, 9.17) is 4.99 Å². The fourth-order valence-electron chi connectivity index (χ4n) is 5.22. The van der Waals surface area contributed by atoms with Gasteiger partial charge in [0.1, 0.15) is 0 Å². The number of nitrogens with zero attached hydrogens (tertiary/aromatic N) is 4. The Balaban J connectivity index is 1.72. The van der Waals surface area contributed by atoms with Gasteiger partial charge in [-0.1, -0.05) is 102 Å². The van der Waals surface area contributed by atoms with Gasteiger partial charge in [-0.25, -0.2) is 9.79 Å². The van der Waals surface area contributed by atoms with E-state index in [0.29, 0.717) is 9.33 Å². The van der Waals surface area contributed by atoms with E-state index in [0.717, 1.165) is 16.7 Å². The number of amides is 2. The number of aromatic nitrogens is 1. The van der Waals surface area contributed by atoms with Crippen LogP contribution in [0.25, 0.3) is 6.08 Å². The van der Waals surface area contributed by atoms with E-state index >= 15 is 0 Å². The van der Waals surface area contributed by atoms with E-state index in [9.17, 15) is 9.59 Å². The van der Waals surface area contributed by atoms with Crippen molar-refractivity contribution in [3.8, 4) is 0 Å². The summed E-state index contributed by atoms with van der Waals surface area (Å²) in [6.45, 7) is 0. The van der Waals surface area contributed by atoms with Crippen molar-refractivity contribution in [2.24, 2.45) is 4.99 Å². The maximum atomic E-state index is 13.6. The molecule has 0 bridgehead atoms. The van der Waals surface area contributed by atoms with E-state index in [1.165, 1.54) is 16.0 Å². The van der Waals surface area contributed by atoms with E-state index in [2.05, 4.69) is 5.43 Å².